The van der Waals surface area contributed by atoms with E-state index in [-0.39, 0.29) is 11.2 Å². The molecule has 34 heavy (non-hydrogen) atoms. The van der Waals surface area contributed by atoms with Gasteiger partial charge in [-0.25, -0.2) is 4.79 Å². The van der Waals surface area contributed by atoms with Crippen molar-refractivity contribution in [2.75, 3.05) is 20.8 Å². The van der Waals surface area contributed by atoms with Gasteiger partial charge in [0, 0.05) is 32.3 Å². The fraction of sp³-hybridized carbons (Fsp3) is 0.308. The lowest BCUT2D eigenvalue weighted by Gasteiger charge is -2.28. The van der Waals surface area contributed by atoms with Crippen LogP contribution in [0.15, 0.2) is 52.1 Å². The second-order valence-corrected chi connectivity index (χ2v) is 8.54. The largest absolute Gasteiger partial charge is 0.497 e. The predicted octanol–water partition coefficient (Wildman–Crippen LogP) is 3.15. The SMILES string of the molecule is COc1ccc([C@@H]2OCCn3c(-c4cccc(C)c4)c4c(=O)n(C)c(=O)n(C)c4c32)c(OC)c1. The van der Waals surface area contributed by atoms with E-state index in [0.717, 1.165) is 32.6 Å². The molecule has 1 atom stereocenters. The molecule has 0 saturated carbocycles. The van der Waals surface area contributed by atoms with E-state index in [2.05, 4.69) is 10.6 Å². The number of hydrogen-bond donors (Lipinski definition) is 0. The fourth-order valence-corrected chi connectivity index (χ4v) is 4.94. The molecule has 1 aliphatic heterocycles. The molecule has 0 radical (unpaired) electrons. The van der Waals surface area contributed by atoms with E-state index in [1.54, 1.807) is 25.8 Å². The maximum atomic E-state index is 13.5. The molecular weight excluding hydrogens is 434 g/mol. The van der Waals surface area contributed by atoms with E-state index >= 15 is 0 Å². The first-order chi connectivity index (χ1) is 16.4. The number of nitrogens with zero attached hydrogens (tertiary/aromatic N) is 3. The van der Waals surface area contributed by atoms with Crippen LogP contribution in [0, 0.1) is 6.92 Å². The highest BCUT2D eigenvalue weighted by atomic mass is 16.5. The van der Waals surface area contributed by atoms with Gasteiger partial charge in [-0.3, -0.25) is 13.9 Å². The van der Waals surface area contributed by atoms with Crippen LogP contribution in [0.4, 0.5) is 0 Å². The molecule has 0 saturated heterocycles. The third-order valence-electron chi connectivity index (χ3n) is 6.57. The van der Waals surface area contributed by atoms with Gasteiger partial charge in [0.25, 0.3) is 5.56 Å². The number of methoxy groups -OCH3 is 2. The molecule has 176 valence electrons. The van der Waals surface area contributed by atoms with Gasteiger partial charge in [-0.1, -0.05) is 23.8 Å². The maximum Gasteiger partial charge on any atom is 0.331 e. The summed E-state index contributed by atoms with van der Waals surface area (Å²) in [5, 5.41) is 0.508. The summed E-state index contributed by atoms with van der Waals surface area (Å²) in [5.41, 5.74) is 4.24. The third kappa shape index (κ3) is 3.17. The van der Waals surface area contributed by atoms with Crippen molar-refractivity contribution in [3.63, 3.8) is 0 Å². The Balaban J connectivity index is 1.92. The van der Waals surface area contributed by atoms with Crippen LogP contribution < -0.4 is 20.7 Å². The molecule has 0 N–H and O–H groups in total. The van der Waals surface area contributed by atoms with Gasteiger partial charge in [0.05, 0.1) is 43.1 Å². The molecule has 5 rings (SSSR count). The molecule has 1 aliphatic rings. The van der Waals surface area contributed by atoms with Crippen LogP contribution in [0.3, 0.4) is 0 Å². The van der Waals surface area contributed by atoms with Crippen LogP contribution in [-0.4, -0.2) is 34.5 Å². The van der Waals surface area contributed by atoms with Crippen LogP contribution in [0.5, 0.6) is 11.5 Å². The van der Waals surface area contributed by atoms with Gasteiger partial charge >= 0.3 is 5.69 Å². The van der Waals surface area contributed by atoms with Crippen molar-refractivity contribution < 1.29 is 14.2 Å². The summed E-state index contributed by atoms with van der Waals surface area (Å²) < 4.78 is 22.1. The Bertz CT molecular complexity index is 1540. The lowest BCUT2D eigenvalue weighted by molar-refractivity contribution is 0.0463. The Morgan fingerprint density at radius 2 is 1.79 bits per heavy atom. The Hall–Kier alpha value is -3.78. The topological polar surface area (TPSA) is 76.6 Å². The normalized spacial score (nSPS) is 15.4. The first-order valence-corrected chi connectivity index (χ1v) is 11.1. The Morgan fingerprint density at radius 1 is 1.00 bits per heavy atom. The lowest BCUT2D eigenvalue weighted by Crippen LogP contribution is -2.37. The highest BCUT2D eigenvalue weighted by molar-refractivity contribution is 5.96. The van der Waals surface area contributed by atoms with Gasteiger partial charge in [0.15, 0.2) is 0 Å². The second-order valence-electron chi connectivity index (χ2n) is 8.54. The van der Waals surface area contributed by atoms with Gasteiger partial charge in [-0.05, 0) is 30.7 Å². The molecule has 4 aromatic rings. The average molecular weight is 462 g/mol. The summed E-state index contributed by atoms with van der Waals surface area (Å²) in [4.78, 5) is 26.5. The number of hydrogen-bond acceptors (Lipinski definition) is 5. The number of aryl methyl sites for hydroxylation is 2. The molecule has 8 heteroatoms. The number of fused-ring (bicyclic) bond motifs is 3. The summed E-state index contributed by atoms with van der Waals surface area (Å²) in [5.74, 6) is 1.27. The van der Waals surface area contributed by atoms with E-state index in [1.165, 1.54) is 7.05 Å². The summed E-state index contributed by atoms with van der Waals surface area (Å²) in [7, 11) is 6.41. The summed E-state index contributed by atoms with van der Waals surface area (Å²) in [6, 6.07) is 13.6. The van der Waals surface area contributed by atoms with E-state index in [4.69, 9.17) is 14.2 Å². The van der Waals surface area contributed by atoms with Crippen molar-refractivity contribution in [1.29, 1.82) is 0 Å². The molecule has 3 heterocycles. The fourth-order valence-electron chi connectivity index (χ4n) is 4.94. The molecule has 0 bridgehead atoms. The predicted molar refractivity (Wildman–Crippen MR) is 130 cm³/mol. The van der Waals surface area contributed by atoms with E-state index in [9.17, 15) is 9.59 Å². The van der Waals surface area contributed by atoms with Gasteiger partial charge in [0.2, 0.25) is 0 Å². The number of benzene rings is 2. The monoisotopic (exact) mass is 461 g/mol. The standard InChI is InChI=1S/C26H27N3O5/c1-15-7-6-8-16(13-15)21-20-22(27(2)26(31)28(3)25(20)30)23-24(34-12-11-29(21)23)18-10-9-17(32-4)14-19(18)33-5/h6-10,13-14,24H,11-12H2,1-5H3/t24-/m0/s1. The Labute approximate surface area is 196 Å². The second kappa shape index (κ2) is 8.22. The summed E-state index contributed by atoms with van der Waals surface area (Å²) in [6.45, 7) is 3.02. The Morgan fingerprint density at radius 3 is 2.50 bits per heavy atom. The van der Waals surface area contributed by atoms with Crippen molar-refractivity contribution in [1.82, 2.24) is 13.7 Å². The zero-order valence-corrected chi connectivity index (χ0v) is 19.9. The van der Waals surface area contributed by atoms with Crippen LogP contribution in [0.25, 0.3) is 22.2 Å². The van der Waals surface area contributed by atoms with Crippen LogP contribution >= 0.6 is 0 Å². The van der Waals surface area contributed by atoms with Gasteiger partial charge < -0.3 is 18.8 Å². The molecule has 0 fully saturated rings. The minimum absolute atomic E-state index is 0.322. The third-order valence-corrected chi connectivity index (χ3v) is 6.57. The smallest absolute Gasteiger partial charge is 0.331 e. The van der Waals surface area contributed by atoms with Crippen molar-refractivity contribution in [3.05, 3.63) is 80.1 Å². The van der Waals surface area contributed by atoms with Crippen molar-refractivity contribution in [3.8, 4) is 22.8 Å². The highest BCUT2D eigenvalue weighted by Crippen LogP contribution is 2.43. The quantitative estimate of drug-likeness (QED) is 0.467. The van der Waals surface area contributed by atoms with Gasteiger partial charge in [-0.15, -0.1) is 0 Å². The average Bonchev–Trinajstić information content (AvgIpc) is 3.21. The molecule has 2 aromatic heterocycles. The number of aromatic nitrogens is 3. The van der Waals surface area contributed by atoms with Crippen LogP contribution in [0.2, 0.25) is 0 Å². The van der Waals surface area contributed by atoms with Crippen molar-refractivity contribution in [2.45, 2.75) is 19.6 Å². The zero-order valence-electron chi connectivity index (χ0n) is 19.9. The van der Waals surface area contributed by atoms with Gasteiger partial charge in [0.1, 0.15) is 17.6 Å². The minimum atomic E-state index is -0.534. The summed E-state index contributed by atoms with van der Waals surface area (Å²) >= 11 is 0. The van der Waals surface area contributed by atoms with Crippen molar-refractivity contribution in [2.24, 2.45) is 14.1 Å². The maximum absolute atomic E-state index is 13.5. The van der Waals surface area contributed by atoms with Gasteiger partial charge in [-0.2, -0.15) is 0 Å². The van der Waals surface area contributed by atoms with Crippen molar-refractivity contribution >= 4 is 10.9 Å². The summed E-state index contributed by atoms with van der Waals surface area (Å²) in [6.07, 6.45) is -0.534. The van der Waals surface area contributed by atoms with E-state index in [0.29, 0.717) is 35.6 Å². The molecule has 0 unspecified atom stereocenters. The molecular formula is C26H27N3O5. The zero-order chi connectivity index (χ0) is 24.1. The minimum Gasteiger partial charge on any atom is -0.497 e. The Kier molecular flexibility index (Phi) is 5.32. The van der Waals surface area contributed by atoms with E-state index in [1.807, 2.05) is 43.3 Å². The van der Waals surface area contributed by atoms with Crippen LogP contribution in [0.1, 0.15) is 22.9 Å². The molecule has 0 aliphatic carbocycles. The number of rotatable bonds is 4. The first-order valence-electron chi connectivity index (χ1n) is 11.1. The lowest BCUT2D eigenvalue weighted by atomic mass is 10.0. The highest BCUT2D eigenvalue weighted by Gasteiger charge is 2.34. The molecule has 0 amide bonds. The molecule has 8 nitrogen and oxygen atoms in total. The molecule has 0 spiro atoms. The molecule has 2 aromatic carbocycles. The number of ether oxygens (including phenoxy) is 3. The van der Waals surface area contributed by atoms with E-state index < -0.39 is 6.10 Å². The first kappa shape index (κ1) is 22.0. The van der Waals surface area contributed by atoms with Crippen LogP contribution in [-0.2, 0) is 25.4 Å².